The van der Waals surface area contributed by atoms with Gasteiger partial charge in [0.1, 0.15) is 11.3 Å². The van der Waals surface area contributed by atoms with Crippen LogP contribution >= 0.6 is 0 Å². The first-order chi connectivity index (χ1) is 16.6. The minimum Gasteiger partial charge on any atom is -0.493 e. The van der Waals surface area contributed by atoms with Gasteiger partial charge in [0.15, 0.2) is 11.5 Å². The van der Waals surface area contributed by atoms with E-state index in [0.717, 1.165) is 27.4 Å². The summed E-state index contributed by atoms with van der Waals surface area (Å²) in [6, 6.07) is 28.0. The number of hydrogen-bond acceptors (Lipinski definition) is 6. The molecule has 6 nitrogen and oxygen atoms in total. The maximum Gasteiger partial charge on any atom is 0.336 e. The Morgan fingerprint density at radius 3 is 2.56 bits per heavy atom. The first-order valence-corrected chi connectivity index (χ1v) is 10.7. The number of rotatable bonds is 6. The molecular formula is C28H20N2O4. The molecule has 0 atom stereocenters. The zero-order valence-corrected chi connectivity index (χ0v) is 18.4. The normalized spacial score (nSPS) is 10.7. The van der Waals surface area contributed by atoms with Crippen LogP contribution in [0.15, 0.2) is 94.1 Å². The van der Waals surface area contributed by atoms with Crippen LogP contribution in [-0.2, 0) is 6.54 Å². The van der Waals surface area contributed by atoms with Gasteiger partial charge in [0, 0.05) is 29.8 Å². The van der Waals surface area contributed by atoms with Crippen molar-refractivity contribution < 1.29 is 13.9 Å². The second kappa shape index (κ2) is 9.00. The summed E-state index contributed by atoms with van der Waals surface area (Å²) in [5.74, 6) is 1.64. The number of nitrogens with zero attached hydrogens (tertiary/aromatic N) is 1. The quantitative estimate of drug-likeness (QED) is 0.245. The van der Waals surface area contributed by atoms with Crippen molar-refractivity contribution in [3.05, 3.63) is 106 Å². The third-order valence-electron chi connectivity index (χ3n) is 5.57. The van der Waals surface area contributed by atoms with E-state index in [1.807, 2.05) is 60.7 Å². The van der Waals surface area contributed by atoms with Gasteiger partial charge in [-0.3, -0.25) is 0 Å². The lowest BCUT2D eigenvalue weighted by atomic mass is 10.0. The Bertz CT molecular complexity index is 1600. The maximum atomic E-state index is 12.1. The van der Waals surface area contributed by atoms with E-state index in [1.54, 1.807) is 18.2 Å². The molecule has 0 saturated carbocycles. The van der Waals surface area contributed by atoms with Gasteiger partial charge in [-0.2, -0.15) is 5.26 Å². The Balaban J connectivity index is 1.37. The second-order valence-corrected chi connectivity index (χ2v) is 7.71. The summed E-state index contributed by atoms with van der Waals surface area (Å²) in [5, 5.41) is 15.5. The number of methoxy groups -OCH3 is 1. The van der Waals surface area contributed by atoms with E-state index in [9.17, 15) is 4.79 Å². The summed E-state index contributed by atoms with van der Waals surface area (Å²) in [5.41, 5.74) is 2.44. The predicted molar refractivity (Wildman–Crippen MR) is 132 cm³/mol. The van der Waals surface area contributed by atoms with Crippen LogP contribution in [0.25, 0.3) is 21.7 Å². The van der Waals surface area contributed by atoms with Crippen molar-refractivity contribution in [1.29, 1.82) is 5.26 Å². The van der Waals surface area contributed by atoms with E-state index in [1.165, 1.54) is 13.2 Å². The molecule has 0 fully saturated rings. The maximum absolute atomic E-state index is 12.1. The van der Waals surface area contributed by atoms with E-state index in [-0.39, 0.29) is 5.63 Å². The number of nitrogens with one attached hydrogen (secondary N) is 1. The molecule has 0 aliphatic heterocycles. The number of benzene rings is 4. The Morgan fingerprint density at radius 2 is 1.76 bits per heavy atom. The molecule has 166 valence electrons. The van der Waals surface area contributed by atoms with Crippen LogP contribution in [0.2, 0.25) is 0 Å². The van der Waals surface area contributed by atoms with Crippen molar-refractivity contribution in [3.63, 3.8) is 0 Å². The third-order valence-corrected chi connectivity index (χ3v) is 5.57. The van der Waals surface area contributed by atoms with E-state index in [2.05, 4.69) is 11.4 Å². The summed E-state index contributed by atoms with van der Waals surface area (Å²) >= 11 is 0. The molecule has 5 aromatic rings. The van der Waals surface area contributed by atoms with Crippen molar-refractivity contribution in [2.24, 2.45) is 0 Å². The Hall–Kier alpha value is -4.76. The van der Waals surface area contributed by atoms with Crippen molar-refractivity contribution >= 4 is 27.4 Å². The number of ether oxygens (including phenoxy) is 2. The summed E-state index contributed by atoms with van der Waals surface area (Å²) in [6.45, 7) is 0.458. The minimum atomic E-state index is -0.375. The van der Waals surface area contributed by atoms with Crippen LogP contribution in [0.1, 0.15) is 11.1 Å². The van der Waals surface area contributed by atoms with E-state index >= 15 is 0 Å². The lowest BCUT2D eigenvalue weighted by Crippen LogP contribution is -2.06. The minimum absolute atomic E-state index is 0.375. The molecule has 0 unspecified atom stereocenters. The third kappa shape index (κ3) is 4.15. The molecule has 0 amide bonds. The number of fused-ring (bicyclic) bond motifs is 3. The monoisotopic (exact) mass is 448 g/mol. The highest BCUT2D eigenvalue weighted by Crippen LogP contribution is 2.33. The molecule has 5 rings (SSSR count). The van der Waals surface area contributed by atoms with Gasteiger partial charge in [-0.05, 0) is 58.8 Å². The summed E-state index contributed by atoms with van der Waals surface area (Å²) in [6.07, 6.45) is 0. The SMILES string of the molecule is COc1cc(C#N)ccc1Oc1ccc(NCc2cc(=O)oc3ccc4ccccc4c23)cc1. The molecule has 0 saturated heterocycles. The van der Waals surface area contributed by atoms with E-state index in [0.29, 0.717) is 34.9 Å². The lowest BCUT2D eigenvalue weighted by Gasteiger charge is -2.12. The van der Waals surface area contributed by atoms with Crippen LogP contribution in [0.4, 0.5) is 5.69 Å². The van der Waals surface area contributed by atoms with Gasteiger partial charge in [0.05, 0.1) is 18.7 Å². The second-order valence-electron chi connectivity index (χ2n) is 7.71. The molecule has 1 aromatic heterocycles. The Morgan fingerprint density at radius 1 is 0.941 bits per heavy atom. The van der Waals surface area contributed by atoms with Gasteiger partial charge >= 0.3 is 5.63 Å². The molecule has 1 N–H and O–H groups in total. The standard InChI is InChI=1S/C28H20N2O4/c1-32-26-14-18(16-29)6-12-24(26)33-22-10-8-21(9-11-22)30-17-20-15-27(31)34-25-13-7-19-4-2-3-5-23(19)28(20)25/h2-15,30H,17H2,1H3. The zero-order valence-electron chi connectivity index (χ0n) is 18.4. The van der Waals surface area contributed by atoms with Crippen LogP contribution in [0.5, 0.6) is 17.2 Å². The smallest absolute Gasteiger partial charge is 0.336 e. The van der Waals surface area contributed by atoms with Crippen molar-refractivity contribution in [2.45, 2.75) is 6.54 Å². The zero-order chi connectivity index (χ0) is 23.5. The van der Waals surface area contributed by atoms with E-state index in [4.69, 9.17) is 19.2 Å². The fourth-order valence-corrected chi connectivity index (χ4v) is 3.95. The molecule has 0 spiro atoms. The van der Waals surface area contributed by atoms with Gasteiger partial charge in [-0.15, -0.1) is 0 Å². The van der Waals surface area contributed by atoms with Crippen LogP contribution in [0, 0.1) is 11.3 Å². The Labute approximate surface area is 195 Å². The topological polar surface area (TPSA) is 84.5 Å². The Kier molecular flexibility index (Phi) is 5.59. The first-order valence-electron chi connectivity index (χ1n) is 10.7. The highest BCUT2D eigenvalue weighted by atomic mass is 16.5. The average Bonchev–Trinajstić information content (AvgIpc) is 2.88. The molecule has 6 heteroatoms. The fraction of sp³-hybridized carbons (Fsp3) is 0.0714. The summed E-state index contributed by atoms with van der Waals surface area (Å²) < 4.78 is 16.7. The first kappa shape index (κ1) is 21.1. The highest BCUT2D eigenvalue weighted by molar-refractivity contribution is 6.07. The number of hydrogen-bond donors (Lipinski definition) is 1. The molecule has 34 heavy (non-hydrogen) atoms. The molecule has 0 aliphatic rings. The fourth-order valence-electron chi connectivity index (χ4n) is 3.95. The van der Waals surface area contributed by atoms with Crippen LogP contribution in [-0.4, -0.2) is 7.11 Å². The van der Waals surface area contributed by atoms with Crippen molar-refractivity contribution in [2.75, 3.05) is 12.4 Å². The molecule has 1 heterocycles. The number of anilines is 1. The summed E-state index contributed by atoms with van der Waals surface area (Å²) in [4.78, 5) is 12.1. The van der Waals surface area contributed by atoms with Gasteiger partial charge in [-0.25, -0.2) is 4.79 Å². The molecule has 0 aliphatic carbocycles. The van der Waals surface area contributed by atoms with E-state index < -0.39 is 0 Å². The van der Waals surface area contributed by atoms with Crippen LogP contribution in [0.3, 0.4) is 0 Å². The predicted octanol–water partition coefficient (Wildman–Crippen LogP) is 6.23. The largest absolute Gasteiger partial charge is 0.493 e. The average molecular weight is 448 g/mol. The van der Waals surface area contributed by atoms with Crippen LogP contribution < -0.4 is 20.4 Å². The highest BCUT2D eigenvalue weighted by Gasteiger charge is 2.10. The van der Waals surface area contributed by atoms with Crippen molar-refractivity contribution in [3.8, 4) is 23.3 Å². The number of nitriles is 1. The molecule has 0 radical (unpaired) electrons. The molecule has 0 bridgehead atoms. The van der Waals surface area contributed by atoms with Crippen molar-refractivity contribution in [1.82, 2.24) is 0 Å². The summed E-state index contributed by atoms with van der Waals surface area (Å²) in [7, 11) is 1.54. The van der Waals surface area contributed by atoms with Gasteiger partial charge in [0.2, 0.25) is 0 Å². The van der Waals surface area contributed by atoms with Gasteiger partial charge in [0.25, 0.3) is 0 Å². The lowest BCUT2D eigenvalue weighted by molar-refractivity contribution is 0.379. The van der Waals surface area contributed by atoms with Gasteiger partial charge < -0.3 is 19.2 Å². The van der Waals surface area contributed by atoms with Gasteiger partial charge in [-0.1, -0.05) is 30.3 Å². The molecule has 4 aromatic carbocycles. The molecular weight excluding hydrogens is 428 g/mol.